The minimum Gasteiger partial charge on any atom is -0.497 e. The minimum absolute atomic E-state index is 0.0380. The van der Waals surface area contributed by atoms with Crippen molar-refractivity contribution in [3.63, 3.8) is 0 Å². The van der Waals surface area contributed by atoms with Crippen LogP contribution in [0.15, 0.2) is 48.8 Å². The number of amides is 2. The maximum atomic E-state index is 13.1. The van der Waals surface area contributed by atoms with Gasteiger partial charge in [0.15, 0.2) is 0 Å². The number of rotatable bonds is 8. The number of hydrogen-bond acceptors (Lipinski definition) is 4. The largest absolute Gasteiger partial charge is 0.497 e. The van der Waals surface area contributed by atoms with Gasteiger partial charge >= 0.3 is 0 Å². The van der Waals surface area contributed by atoms with Gasteiger partial charge in [0, 0.05) is 45.0 Å². The number of aromatic nitrogens is 1. The van der Waals surface area contributed by atoms with Gasteiger partial charge in [-0.25, -0.2) is 0 Å². The molecule has 1 aromatic carbocycles. The maximum absolute atomic E-state index is 13.1. The molecule has 2 amide bonds. The van der Waals surface area contributed by atoms with Crippen molar-refractivity contribution >= 4 is 11.8 Å². The zero-order valence-electron chi connectivity index (χ0n) is 16.5. The summed E-state index contributed by atoms with van der Waals surface area (Å²) in [6.07, 6.45) is 4.60. The standard InChI is InChI=1S/C22H27N3O3/c1-3-12-24(14-17-4-6-20(28-2)7-5-17)22(27)19-13-21(26)25(16-19)15-18-8-10-23-11-9-18/h4-11,19H,3,12-16H2,1-2H3/t19-/m1/s1. The Morgan fingerprint density at radius 3 is 2.54 bits per heavy atom. The van der Waals surface area contributed by atoms with Crippen molar-refractivity contribution in [2.24, 2.45) is 5.92 Å². The van der Waals surface area contributed by atoms with E-state index in [1.54, 1.807) is 24.4 Å². The van der Waals surface area contributed by atoms with Crippen LogP contribution in [-0.4, -0.2) is 46.8 Å². The normalized spacial score (nSPS) is 16.3. The van der Waals surface area contributed by atoms with Gasteiger partial charge in [-0.1, -0.05) is 19.1 Å². The van der Waals surface area contributed by atoms with Crippen molar-refractivity contribution in [2.45, 2.75) is 32.9 Å². The number of nitrogens with zero attached hydrogens (tertiary/aromatic N) is 3. The summed E-state index contributed by atoms with van der Waals surface area (Å²) in [6.45, 7) is 4.29. The van der Waals surface area contributed by atoms with Gasteiger partial charge in [0.25, 0.3) is 0 Å². The van der Waals surface area contributed by atoms with E-state index in [2.05, 4.69) is 11.9 Å². The van der Waals surface area contributed by atoms with Crippen molar-refractivity contribution in [1.29, 1.82) is 0 Å². The van der Waals surface area contributed by atoms with Gasteiger partial charge in [-0.05, 0) is 41.8 Å². The van der Waals surface area contributed by atoms with E-state index in [-0.39, 0.29) is 24.2 Å². The topological polar surface area (TPSA) is 62.7 Å². The van der Waals surface area contributed by atoms with E-state index >= 15 is 0 Å². The molecule has 1 fully saturated rings. The summed E-state index contributed by atoms with van der Waals surface area (Å²) in [5, 5.41) is 0. The van der Waals surface area contributed by atoms with Crippen LogP contribution in [-0.2, 0) is 22.7 Å². The van der Waals surface area contributed by atoms with E-state index in [0.29, 0.717) is 26.2 Å². The first kappa shape index (κ1) is 19.9. The molecule has 148 valence electrons. The van der Waals surface area contributed by atoms with Crippen LogP contribution >= 0.6 is 0 Å². The summed E-state index contributed by atoms with van der Waals surface area (Å²) < 4.78 is 5.20. The first-order valence-corrected chi connectivity index (χ1v) is 9.69. The summed E-state index contributed by atoms with van der Waals surface area (Å²) in [5.41, 5.74) is 2.08. The third-order valence-electron chi connectivity index (χ3n) is 5.02. The maximum Gasteiger partial charge on any atom is 0.228 e. The van der Waals surface area contributed by atoms with Gasteiger partial charge in [0.1, 0.15) is 5.75 Å². The fraction of sp³-hybridized carbons (Fsp3) is 0.409. The number of likely N-dealkylation sites (tertiary alicyclic amines) is 1. The molecule has 0 radical (unpaired) electrons. The summed E-state index contributed by atoms with van der Waals surface area (Å²) in [6, 6.07) is 11.6. The molecule has 6 nitrogen and oxygen atoms in total. The Morgan fingerprint density at radius 2 is 1.89 bits per heavy atom. The second kappa shape index (κ2) is 9.35. The van der Waals surface area contributed by atoms with Crippen LogP contribution in [0, 0.1) is 5.92 Å². The molecule has 0 bridgehead atoms. The zero-order chi connectivity index (χ0) is 19.9. The molecule has 1 atom stereocenters. The fourth-order valence-electron chi connectivity index (χ4n) is 3.55. The van der Waals surface area contributed by atoms with Crippen LogP contribution in [0.5, 0.6) is 5.75 Å². The Kier molecular flexibility index (Phi) is 6.63. The first-order chi connectivity index (χ1) is 13.6. The molecule has 3 rings (SSSR count). The minimum atomic E-state index is -0.279. The van der Waals surface area contributed by atoms with E-state index in [1.807, 2.05) is 41.3 Å². The lowest BCUT2D eigenvalue weighted by Crippen LogP contribution is -2.37. The first-order valence-electron chi connectivity index (χ1n) is 9.69. The number of carbonyl (C=O) groups is 2. The number of pyridine rings is 1. The second-order valence-electron chi connectivity index (χ2n) is 7.14. The van der Waals surface area contributed by atoms with Gasteiger partial charge in [-0.2, -0.15) is 0 Å². The molecule has 0 aliphatic carbocycles. The van der Waals surface area contributed by atoms with E-state index < -0.39 is 0 Å². The van der Waals surface area contributed by atoms with E-state index in [1.165, 1.54) is 0 Å². The highest BCUT2D eigenvalue weighted by molar-refractivity contribution is 5.89. The van der Waals surface area contributed by atoms with Gasteiger partial charge in [-0.15, -0.1) is 0 Å². The molecule has 1 saturated heterocycles. The molecule has 6 heteroatoms. The molecule has 1 aliphatic heterocycles. The second-order valence-corrected chi connectivity index (χ2v) is 7.14. The fourth-order valence-corrected chi connectivity index (χ4v) is 3.55. The van der Waals surface area contributed by atoms with E-state index in [0.717, 1.165) is 23.3 Å². The third-order valence-corrected chi connectivity index (χ3v) is 5.02. The van der Waals surface area contributed by atoms with Crippen molar-refractivity contribution in [3.8, 4) is 5.75 Å². The Hall–Kier alpha value is -2.89. The molecule has 2 aromatic rings. The molecular formula is C22H27N3O3. The van der Waals surface area contributed by atoms with Gasteiger partial charge in [0.05, 0.1) is 13.0 Å². The monoisotopic (exact) mass is 381 g/mol. The predicted molar refractivity (Wildman–Crippen MR) is 106 cm³/mol. The Bertz CT molecular complexity index is 792. The van der Waals surface area contributed by atoms with Crippen molar-refractivity contribution in [2.75, 3.05) is 20.2 Å². The van der Waals surface area contributed by atoms with E-state index in [9.17, 15) is 9.59 Å². The molecule has 0 unspecified atom stereocenters. The van der Waals surface area contributed by atoms with E-state index in [4.69, 9.17) is 4.74 Å². The van der Waals surface area contributed by atoms with Crippen molar-refractivity contribution in [1.82, 2.24) is 14.8 Å². The quantitative estimate of drug-likeness (QED) is 0.705. The number of carbonyl (C=O) groups excluding carboxylic acids is 2. The highest BCUT2D eigenvalue weighted by atomic mass is 16.5. The Labute approximate surface area is 166 Å². The molecule has 0 saturated carbocycles. The third kappa shape index (κ3) is 4.88. The highest BCUT2D eigenvalue weighted by Gasteiger charge is 2.36. The van der Waals surface area contributed by atoms with Crippen molar-refractivity contribution in [3.05, 3.63) is 59.9 Å². The lowest BCUT2D eigenvalue weighted by atomic mass is 10.1. The molecular weight excluding hydrogens is 354 g/mol. The predicted octanol–water partition coefficient (Wildman–Crippen LogP) is 2.88. The number of benzene rings is 1. The number of hydrogen-bond donors (Lipinski definition) is 0. The lowest BCUT2D eigenvalue weighted by molar-refractivity contribution is -0.136. The lowest BCUT2D eigenvalue weighted by Gasteiger charge is -2.25. The molecule has 28 heavy (non-hydrogen) atoms. The Balaban J connectivity index is 1.64. The van der Waals surface area contributed by atoms with Crippen LogP contribution in [0.3, 0.4) is 0 Å². The van der Waals surface area contributed by atoms with Gasteiger partial charge in [-0.3, -0.25) is 14.6 Å². The van der Waals surface area contributed by atoms with Crippen LogP contribution in [0.1, 0.15) is 30.9 Å². The average molecular weight is 381 g/mol. The summed E-state index contributed by atoms with van der Waals surface area (Å²) in [5.74, 6) is 0.615. The smallest absolute Gasteiger partial charge is 0.228 e. The molecule has 1 aromatic heterocycles. The SMILES string of the molecule is CCCN(Cc1ccc(OC)cc1)C(=O)[C@@H]1CC(=O)N(Cc2ccncc2)C1. The number of methoxy groups -OCH3 is 1. The molecule has 1 aliphatic rings. The molecule has 0 N–H and O–H groups in total. The zero-order valence-corrected chi connectivity index (χ0v) is 16.5. The van der Waals surface area contributed by atoms with Crippen LogP contribution in [0.25, 0.3) is 0 Å². The van der Waals surface area contributed by atoms with Crippen LogP contribution in [0.2, 0.25) is 0 Å². The Morgan fingerprint density at radius 1 is 1.18 bits per heavy atom. The highest BCUT2D eigenvalue weighted by Crippen LogP contribution is 2.23. The summed E-state index contributed by atoms with van der Waals surface area (Å²) in [4.78, 5) is 33.2. The van der Waals surface area contributed by atoms with Crippen molar-refractivity contribution < 1.29 is 14.3 Å². The number of ether oxygens (including phenoxy) is 1. The summed E-state index contributed by atoms with van der Waals surface area (Å²) >= 11 is 0. The van der Waals surface area contributed by atoms with Gasteiger partial charge < -0.3 is 14.5 Å². The molecule has 0 spiro atoms. The summed E-state index contributed by atoms with van der Waals surface area (Å²) in [7, 11) is 1.64. The van der Waals surface area contributed by atoms with Crippen LogP contribution in [0.4, 0.5) is 0 Å². The van der Waals surface area contributed by atoms with Gasteiger partial charge in [0.2, 0.25) is 11.8 Å². The average Bonchev–Trinajstić information content (AvgIpc) is 3.08. The van der Waals surface area contributed by atoms with Crippen LogP contribution < -0.4 is 4.74 Å². The molecule has 2 heterocycles.